The third-order valence-corrected chi connectivity index (χ3v) is 5.66. The molecule has 0 atom stereocenters. The first-order valence-electron chi connectivity index (χ1n) is 7.94. The molecule has 0 saturated carbocycles. The molecule has 1 fully saturated rings. The molecule has 5 nitrogen and oxygen atoms in total. The number of phenols is 1. The molecule has 2 amide bonds. The molecule has 1 aliphatic rings. The van der Waals surface area contributed by atoms with Crippen LogP contribution in [0.2, 0.25) is 0 Å². The number of anilines is 1. The molecule has 0 unspecified atom stereocenters. The molecule has 0 spiro atoms. The van der Waals surface area contributed by atoms with Gasteiger partial charge in [0.25, 0.3) is 5.91 Å². The van der Waals surface area contributed by atoms with Crippen molar-refractivity contribution in [1.29, 1.82) is 0 Å². The molecule has 1 heterocycles. The zero-order valence-electron chi connectivity index (χ0n) is 14.2. The Morgan fingerprint density at radius 1 is 1.30 bits per heavy atom. The molecule has 3 rings (SSSR count). The quantitative estimate of drug-likeness (QED) is 0.523. The van der Waals surface area contributed by atoms with Gasteiger partial charge in [-0.1, -0.05) is 57.6 Å². The molecule has 1 saturated heterocycles. The van der Waals surface area contributed by atoms with Crippen molar-refractivity contribution in [3.05, 3.63) is 63.0 Å². The van der Waals surface area contributed by atoms with Crippen molar-refractivity contribution in [2.24, 2.45) is 0 Å². The number of rotatable bonds is 4. The van der Waals surface area contributed by atoms with Gasteiger partial charge in [-0.25, -0.2) is 0 Å². The van der Waals surface area contributed by atoms with Crippen molar-refractivity contribution in [2.75, 3.05) is 11.9 Å². The number of thiocarbonyl (C=S) groups is 1. The number of hydrogen-bond acceptors (Lipinski definition) is 5. The van der Waals surface area contributed by atoms with Crippen LogP contribution in [-0.2, 0) is 9.59 Å². The highest BCUT2D eigenvalue weighted by molar-refractivity contribution is 9.10. The topological polar surface area (TPSA) is 69.6 Å². The summed E-state index contributed by atoms with van der Waals surface area (Å²) in [7, 11) is 0. The Kier molecular flexibility index (Phi) is 5.98. The molecular formula is C19H15BrN2O3S2. The number of amides is 2. The van der Waals surface area contributed by atoms with E-state index in [4.69, 9.17) is 12.2 Å². The van der Waals surface area contributed by atoms with Crippen LogP contribution in [0, 0.1) is 6.92 Å². The summed E-state index contributed by atoms with van der Waals surface area (Å²) < 4.78 is 1.08. The second-order valence-electron chi connectivity index (χ2n) is 5.89. The number of hydrogen-bond donors (Lipinski definition) is 2. The minimum Gasteiger partial charge on any atom is -0.507 e. The van der Waals surface area contributed by atoms with Gasteiger partial charge in [0.15, 0.2) is 0 Å². The summed E-state index contributed by atoms with van der Waals surface area (Å²) in [6.07, 6.45) is 1.57. The number of thioether (sulfide) groups is 1. The van der Waals surface area contributed by atoms with E-state index in [0.29, 0.717) is 20.5 Å². The van der Waals surface area contributed by atoms with Crippen molar-refractivity contribution in [3.8, 4) is 5.75 Å². The standard InChI is InChI=1S/C19H15BrN2O3S2/c1-11-2-5-14(6-3-11)21-17(24)10-22-18(25)16(27-19(22)26)9-12-8-13(20)4-7-15(12)23/h2-9,23H,10H2,1H3,(H,21,24)/b16-9-. The molecular weight excluding hydrogens is 448 g/mol. The molecule has 1 aliphatic heterocycles. The molecule has 138 valence electrons. The van der Waals surface area contributed by atoms with Crippen LogP contribution in [-0.4, -0.2) is 32.7 Å². The van der Waals surface area contributed by atoms with Crippen LogP contribution in [0.3, 0.4) is 0 Å². The van der Waals surface area contributed by atoms with Crippen molar-refractivity contribution in [1.82, 2.24) is 4.90 Å². The van der Waals surface area contributed by atoms with Gasteiger partial charge in [0.1, 0.15) is 16.6 Å². The molecule has 2 aromatic rings. The lowest BCUT2D eigenvalue weighted by atomic mass is 10.2. The Morgan fingerprint density at radius 2 is 2.00 bits per heavy atom. The van der Waals surface area contributed by atoms with Gasteiger partial charge in [0, 0.05) is 15.7 Å². The lowest BCUT2D eigenvalue weighted by Gasteiger charge is -2.14. The normalized spacial score (nSPS) is 15.5. The monoisotopic (exact) mass is 462 g/mol. The van der Waals surface area contributed by atoms with Crippen molar-refractivity contribution in [2.45, 2.75) is 6.92 Å². The van der Waals surface area contributed by atoms with E-state index in [0.717, 1.165) is 21.8 Å². The van der Waals surface area contributed by atoms with E-state index in [2.05, 4.69) is 21.2 Å². The predicted molar refractivity (Wildman–Crippen MR) is 115 cm³/mol. The number of nitrogens with zero attached hydrogens (tertiary/aromatic N) is 1. The number of halogens is 1. The minimum absolute atomic E-state index is 0.0561. The van der Waals surface area contributed by atoms with Crippen molar-refractivity contribution >= 4 is 67.8 Å². The fraction of sp³-hybridized carbons (Fsp3) is 0.105. The van der Waals surface area contributed by atoms with E-state index in [-0.39, 0.29) is 24.1 Å². The summed E-state index contributed by atoms with van der Waals surface area (Å²) in [5.41, 5.74) is 2.24. The fourth-order valence-corrected chi connectivity index (χ4v) is 4.02. The molecule has 0 aromatic heterocycles. The van der Waals surface area contributed by atoms with Gasteiger partial charge in [0.2, 0.25) is 5.91 Å². The molecule has 0 bridgehead atoms. The van der Waals surface area contributed by atoms with E-state index in [9.17, 15) is 14.7 Å². The van der Waals surface area contributed by atoms with Crippen LogP contribution >= 0.6 is 39.9 Å². The van der Waals surface area contributed by atoms with Gasteiger partial charge in [-0.05, 0) is 43.3 Å². The SMILES string of the molecule is Cc1ccc(NC(=O)CN2C(=O)/C(=C/c3cc(Br)ccc3O)SC2=S)cc1. The average Bonchev–Trinajstić information content (AvgIpc) is 2.87. The van der Waals surface area contributed by atoms with Crippen molar-refractivity contribution in [3.63, 3.8) is 0 Å². The maximum Gasteiger partial charge on any atom is 0.266 e. The number of carbonyl (C=O) groups is 2. The van der Waals surface area contributed by atoms with E-state index >= 15 is 0 Å². The highest BCUT2D eigenvalue weighted by atomic mass is 79.9. The zero-order valence-corrected chi connectivity index (χ0v) is 17.5. The number of aryl methyl sites for hydroxylation is 1. The lowest BCUT2D eigenvalue weighted by Crippen LogP contribution is -2.36. The summed E-state index contributed by atoms with van der Waals surface area (Å²) in [5.74, 6) is -0.634. The smallest absolute Gasteiger partial charge is 0.266 e. The molecule has 8 heteroatoms. The maximum atomic E-state index is 12.6. The second kappa shape index (κ2) is 8.24. The van der Waals surface area contributed by atoms with E-state index in [1.807, 2.05) is 19.1 Å². The van der Waals surface area contributed by atoms with Gasteiger partial charge in [-0.15, -0.1) is 0 Å². The Balaban J connectivity index is 1.72. The summed E-state index contributed by atoms with van der Waals surface area (Å²) >= 11 is 9.68. The van der Waals surface area contributed by atoms with Crippen molar-refractivity contribution < 1.29 is 14.7 Å². The van der Waals surface area contributed by atoms with Crippen LogP contribution in [0.25, 0.3) is 6.08 Å². The van der Waals surface area contributed by atoms with Gasteiger partial charge in [0.05, 0.1) is 4.91 Å². The number of aromatic hydroxyl groups is 1. The third kappa shape index (κ3) is 4.77. The predicted octanol–water partition coefficient (Wildman–Crippen LogP) is 4.30. The molecule has 0 aliphatic carbocycles. The second-order valence-corrected chi connectivity index (χ2v) is 8.48. The highest BCUT2D eigenvalue weighted by Gasteiger charge is 2.33. The Morgan fingerprint density at radius 3 is 2.70 bits per heavy atom. The van der Waals surface area contributed by atoms with E-state index in [1.54, 1.807) is 30.3 Å². The Bertz CT molecular complexity index is 958. The number of phenolic OH excluding ortho intramolecular Hbond substituents is 1. The van der Waals surface area contributed by atoms with Gasteiger partial charge in [-0.3, -0.25) is 14.5 Å². The van der Waals surface area contributed by atoms with Crippen LogP contribution in [0.15, 0.2) is 51.8 Å². The summed E-state index contributed by atoms with van der Waals surface area (Å²) in [4.78, 5) is 26.5. The number of benzene rings is 2. The highest BCUT2D eigenvalue weighted by Crippen LogP contribution is 2.34. The molecule has 2 aromatic carbocycles. The zero-order chi connectivity index (χ0) is 19.6. The lowest BCUT2D eigenvalue weighted by molar-refractivity contribution is -0.126. The molecule has 2 N–H and O–H groups in total. The molecule has 0 radical (unpaired) electrons. The third-order valence-electron chi connectivity index (χ3n) is 3.79. The minimum atomic E-state index is -0.358. The van der Waals surface area contributed by atoms with Gasteiger partial charge < -0.3 is 10.4 Å². The Hall–Kier alpha value is -2.16. The van der Waals surface area contributed by atoms with Gasteiger partial charge >= 0.3 is 0 Å². The van der Waals surface area contributed by atoms with Crippen LogP contribution in [0.4, 0.5) is 5.69 Å². The number of nitrogens with one attached hydrogen (secondary N) is 1. The van der Waals surface area contributed by atoms with Crippen LogP contribution in [0.1, 0.15) is 11.1 Å². The average molecular weight is 463 g/mol. The summed E-state index contributed by atoms with van der Waals surface area (Å²) in [6, 6.07) is 12.3. The largest absolute Gasteiger partial charge is 0.507 e. The van der Waals surface area contributed by atoms with Gasteiger partial charge in [-0.2, -0.15) is 0 Å². The first kappa shape index (κ1) is 19.6. The maximum absolute atomic E-state index is 12.6. The van der Waals surface area contributed by atoms with E-state index < -0.39 is 0 Å². The summed E-state index contributed by atoms with van der Waals surface area (Å²) in [6.45, 7) is 1.79. The fourth-order valence-electron chi connectivity index (χ4n) is 2.40. The summed E-state index contributed by atoms with van der Waals surface area (Å²) in [5, 5.41) is 12.7. The Labute approximate surface area is 174 Å². The van der Waals surface area contributed by atoms with E-state index in [1.165, 1.54) is 11.0 Å². The van der Waals surface area contributed by atoms with Crippen LogP contribution < -0.4 is 5.32 Å². The molecule has 27 heavy (non-hydrogen) atoms. The number of carbonyl (C=O) groups excluding carboxylic acids is 2. The van der Waals surface area contributed by atoms with Crippen LogP contribution in [0.5, 0.6) is 5.75 Å². The first-order valence-corrected chi connectivity index (χ1v) is 9.95. The first-order chi connectivity index (χ1) is 12.8.